The maximum absolute atomic E-state index is 12.1. The summed E-state index contributed by atoms with van der Waals surface area (Å²) >= 11 is 1.47. The molecule has 0 saturated carbocycles. The second-order valence-corrected chi connectivity index (χ2v) is 3.60. The van der Waals surface area contributed by atoms with E-state index in [-0.39, 0.29) is 11.7 Å². The third-order valence-electron chi connectivity index (χ3n) is 1.05. The van der Waals surface area contributed by atoms with Crippen LogP contribution in [0.3, 0.4) is 0 Å². The fourth-order valence-electron chi connectivity index (χ4n) is 0.588. The van der Waals surface area contributed by atoms with Gasteiger partial charge in [0, 0.05) is 11.7 Å². The van der Waals surface area contributed by atoms with E-state index >= 15 is 0 Å². The Hall–Kier alpha value is 0.210. The SMILES string of the molecule is CSC(C)CC(C)(F)F. The second-order valence-electron chi connectivity index (χ2n) is 2.32. The van der Waals surface area contributed by atoms with E-state index in [1.807, 2.05) is 13.2 Å². The summed E-state index contributed by atoms with van der Waals surface area (Å²) in [5.41, 5.74) is 0. The van der Waals surface area contributed by atoms with Gasteiger partial charge in [0.15, 0.2) is 0 Å². The predicted octanol–water partition coefficient (Wildman–Crippen LogP) is 2.78. The second kappa shape index (κ2) is 3.40. The van der Waals surface area contributed by atoms with Gasteiger partial charge >= 0.3 is 0 Å². The molecule has 0 spiro atoms. The van der Waals surface area contributed by atoms with E-state index in [0.717, 1.165) is 6.92 Å². The van der Waals surface area contributed by atoms with Crippen LogP contribution in [0.1, 0.15) is 20.3 Å². The normalized spacial score (nSPS) is 15.7. The first-order chi connectivity index (χ1) is 3.95. The summed E-state index contributed by atoms with van der Waals surface area (Å²) < 4.78 is 24.3. The number of hydrogen-bond acceptors (Lipinski definition) is 1. The molecule has 0 N–H and O–H groups in total. The van der Waals surface area contributed by atoms with Crippen LogP contribution in [0.15, 0.2) is 0 Å². The molecular formula is C6H12F2S. The van der Waals surface area contributed by atoms with E-state index in [1.165, 1.54) is 11.8 Å². The topological polar surface area (TPSA) is 0 Å². The van der Waals surface area contributed by atoms with Gasteiger partial charge in [0.2, 0.25) is 5.92 Å². The van der Waals surface area contributed by atoms with Crippen molar-refractivity contribution in [2.24, 2.45) is 0 Å². The third-order valence-corrected chi connectivity index (χ3v) is 2.02. The molecule has 1 unspecified atom stereocenters. The van der Waals surface area contributed by atoms with Gasteiger partial charge in [-0.15, -0.1) is 0 Å². The largest absolute Gasteiger partial charge is 0.246 e. The smallest absolute Gasteiger partial charge is 0.207 e. The summed E-state index contributed by atoms with van der Waals surface area (Å²) in [7, 11) is 0. The van der Waals surface area contributed by atoms with Gasteiger partial charge < -0.3 is 0 Å². The zero-order valence-corrected chi connectivity index (χ0v) is 6.77. The van der Waals surface area contributed by atoms with Crippen molar-refractivity contribution in [2.45, 2.75) is 31.4 Å². The quantitative estimate of drug-likeness (QED) is 0.602. The minimum absolute atomic E-state index is 0.0197. The van der Waals surface area contributed by atoms with Crippen molar-refractivity contribution >= 4 is 11.8 Å². The number of hydrogen-bond donors (Lipinski definition) is 0. The van der Waals surface area contributed by atoms with Crippen molar-refractivity contribution in [2.75, 3.05) is 6.26 Å². The Morgan fingerprint density at radius 3 is 2.11 bits per heavy atom. The summed E-state index contributed by atoms with van der Waals surface area (Å²) in [6.45, 7) is 2.77. The molecule has 0 fully saturated rings. The molecule has 0 aliphatic rings. The molecule has 0 aromatic heterocycles. The average Bonchev–Trinajstić information content (AvgIpc) is 1.62. The fourth-order valence-corrected chi connectivity index (χ4v) is 1.05. The Labute approximate surface area is 59.0 Å². The lowest BCUT2D eigenvalue weighted by Crippen LogP contribution is -2.15. The van der Waals surface area contributed by atoms with Crippen LogP contribution < -0.4 is 0 Å². The number of alkyl halides is 2. The van der Waals surface area contributed by atoms with Crippen molar-refractivity contribution in [3.8, 4) is 0 Å². The van der Waals surface area contributed by atoms with Crippen LogP contribution in [0.2, 0.25) is 0 Å². The molecule has 0 aromatic rings. The minimum atomic E-state index is -2.50. The molecule has 0 aromatic carbocycles. The predicted molar refractivity (Wildman–Crippen MR) is 38.2 cm³/mol. The van der Waals surface area contributed by atoms with Crippen LogP contribution in [0.25, 0.3) is 0 Å². The van der Waals surface area contributed by atoms with E-state index in [1.54, 1.807) is 0 Å². The van der Waals surface area contributed by atoms with Gasteiger partial charge in [-0.25, -0.2) is 8.78 Å². The van der Waals surface area contributed by atoms with Crippen molar-refractivity contribution in [1.82, 2.24) is 0 Å². The zero-order valence-electron chi connectivity index (χ0n) is 5.95. The molecule has 3 heteroatoms. The van der Waals surface area contributed by atoms with Gasteiger partial charge in [0.1, 0.15) is 0 Å². The van der Waals surface area contributed by atoms with E-state index in [2.05, 4.69) is 0 Å². The highest BCUT2D eigenvalue weighted by Gasteiger charge is 2.23. The first kappa shape index (κ1) is 9.21. The highest BCUT2D eigenvalue weighted by atomic mass is 32.2. The molecule has 0 amide bonds. The van der Waals surface area contributed by atoms with Crippen molar-refractivity contribution in [3.05, 3.63) is 0 Å². The van der Waals surface area contributed by atoms with Crippen LogP contribution in [-0.2, 0) is 0 Å². The molecule has 0 radical (unpaired) electrons. The lowest BCUT2D eigenvalue weighted by atomic mass is 10.2. The standard InChI is InChI=1S/C6H12F2S/c1-5(9-3)4-6(2,7)8/h5H,4H2,1-3H3. The Bertz CT molecular complexity index is 77.6. The lowest BCUT2D eigenvalue weighted by molar-refractivity contribution is 0.0138. The van der Waals surface area contributed by atoms with Crippen molar-refractivity contribution in [3.63, 3.8) is 0 Å². The molecule has 9 heavy (non-hydrogen) atoms. The van der Waals surface area contributed by atoms with Gasteiger partial charge in [-0.3, -0.25) is 0 Å². The molecule has 0 aliphatic heterocycles. The summed E-state index contributed by atoms with van der Waals surface area (Å²) in [6, 6.07) is 0. The van der Waals surface area contributed by atoms with Gasteiger partial charge in [-0.1, -0.05) is 6.92 Å². The van der Waals surface area contributed by atoms with Crippen LogP contribution >= 0.6 is 11.8 Å². The molecule has 56 valence electrons. The molecular weight excluding hydrogens is 142 g/mol. The molecule has 1 atom stereocenters. The maximum Gasteiger partial charge on any atom is 0.246 e. The first-order valence-electron chi connectivity index (χ1n) is 2.86. The Balaban J connectivity index is 3.47. The van der Waals surface area contributed by atoms with Crippen molar-refractivity contribution < 1.29 is 8.78 Å². The van der Waals surface area contributed by atoms with E-state index in [0.29, 0.717) is 0 Å². The van der Waals surface area contributed by atoms with E-state index < -0.39 is 5.92 Å². The van der Waals surface area contributed by atoms with E-state index in [9.17, 15) is 8.78 Å². The van der Waals surface area contributed by atoms with Gasteiger partial charge in [-0.2, -0.15) is 11.8 Å². The Kier molecular flexibility index (Phi) is 3.48. The number of thioether (sulfide) groups is 1. The van der Waals surface area contributed by atoms with Crippen LogP contribution in [0.4, 0.5) is 8.78 Å². The summed E-state index contributed by atoms with van der Waals surface area (Å²) in [5, 5.41) is 0.0602. The number of rotatable bonds is 3. The Morgan fingerprint density at radius 1 is 1.56 bits per heavy atom. The van der Waals surface area contributed by atoms with Crippen LogP contribution in [0, 0.1) is 0 Å². The molecule has 0 heterocycles. The molecule has 0 nitrogen and oxygen atoms in total. The Morgan fingerprint density at radius 2 is 2.00 bits per heavy atom. The average molecular weight is 154 g/mol. The monoisotopic (exact) mass is 154 g/mol. The van der Waals surface area contributed by atoms with Crippen LogP contribution in [0.5, 0.6) is 0 Å². The van der Waals surface area contributed by atoms with Gasteiger partial charge in [0.25, 0.3) is 0 Å². The molecule has 0 bridgehead atoms. The summed E-state index contributed by atoms with van der Waals surface area (Å²) in [5.74, 6) is -2.50. The number of halogens is 2. The van der Waals surface area contributed by atoms with Crippen molar-refractivity contribution in [1.29, 1.82) is 0 Å². The summed E-state index contributed by atoms with van der Waals surface area (Å²) in [4.78, 5) is 0. The van der Waals surface area contributed by atoms with Crippen LogP contribution in [-0.4, -0.2) is 17.4 Å². The zero-order chi connectivity index (χ0) is 7.49. The molecule has 0 aliphatic carbocycles. The lowest BCUT2D eigenvalue weighted by Gasteiger charge is -2.13. The molecule has 0 saturated heterocycles. The first-order valence-corrected chi connectivity index (χ1v) is 4.15. The summed E-state index contributed by atoms with van der Waals surface area (Å²) in [6.07, 6.45) is 1.82. The highest BCUT2D eigenvalue weighted by molar-refractivity contribution is 7.99. The maximum atomic E-state index is 12.1. The van der Waals surface area contributed by atoms with E-state index in [4.69, 9.17) is 0 Å². The van der Waals surface area contributed by atoms with Gasteiger partial charge in [-0.05, 0) is 13.2 Å². The third kappa shape index (κ3) is 6.09. The fraction of sp³-hybridized carbons (Fsp3) is 1.00. The minimum Gasteiger partial charge on any atom is -0.207 e. The van der Waals surface area contributed by atoms with Gasteiger partial charge in [0.05, 0.1) is 0 Å². The highest BCUT2D eigenvalue weighted by Crippen LogP contribution is 2.23. The molecule has 0 rings (SSSR count).